The zero-order valence-corrected chi connectivity index (χ0v) is 74.6. The molecule has 24 aliphatic rings. The average molecular weight is 1950 g/mol. The Morgan fingerprint density at radius 3 is 0.790 bits per heavy atom. The lowest BCUT2D eigenvalue weighted by Gasteiger charge is -2.62. The molecule has 6 aromatic carbocycles. The molecule has 30 nitrogen and oxygen atoms in total. The molecule has 12 bridgehead atoms. The van der Waals surface area contributed by atoms with Gasteiger partial charge in [0.15, 0.2) is 140 Å². The minimum Gasteiger partial charge on any atom is -0.493 e. The lowest BCUT2D eigenvalue weighted by molar-refractivity contribution is -0.185. The molecule has 12 aliphatic carbocycles. The van der Waals surface area contributed by atoms with Crippen molar-refractivity contribution in [2.75, 3.05) is 124 Å². The maximum Gasteiger partial charge on any atom is 0.211 e. The van der Waals surface area contributed by atoms with Gasteiger partial charge in [-0.15, -0.1) is 0 Å². The van der Waals surface area contributed by atoms with Gasteiger partial charge in [-0.3, -0.25) is 28.8 Å². The molecule has 12 fully saturated rings. The van der Waals surface area contributed by atoms with Crippen molar-refractivity contribution >= 4 is 34.7 Å². The second-order valence-electron chi connectivity index (χ2n) is 38.3. The first-order valence-corrected chi connectivity index (χ1v) is 44.8. The van der Waals surface area contributed by atoms with E-state index in [0.29, 0.717) is 34.0 Å². The van der Waals surface area contributed by atoms with Crippen LogP contribution in [0, 0.1) is 0 Å². The van der Waals surface area contributed by atoms with Crippen molar-refractivity contribution in [2.24, 2.45) is 0 Å². The molecule has 12 aliphatic heterocycles. The number of ether oxygens (including phenoxy) is 12. The van der Waals surface area contributed by atoms with Crippen molar-refractivity contribution in [1.29, 1.82) is 5.72 Å². The molecule has 6 aromatic rings. The predicted octanol–water partition coefficient (Wildman–Crippen LogP) is 6.29. The molecule has 0 radical (unpaired) electrons. The molecule has 6 saturated heterocycles. The van der Waals surface area contributed by atoms with Crippen LogP contribution in [0.1, 0.15) is 258 Å². The quantitative estimate of drug-likeness (QED) is 0.0877. The van der Waals surface area contributed by atoms with Gasteiger partial charge in [-0.25, -0.2) is 0 Å². The number of likely N-dealkylation sites (tertiary alicyclic amines) is 6. The Kier molecular flexibility index (Phi) is 10.2. The number of piperidine rings is 6. The van der Waals surface area contributed by atoms with Gasteiger partial charge in [0.1, 0.15) is 0 Å². The predicted molar refractivity (Wildman–Crippen MR) is 498 cm³/mol. The Labute approximate surface area is 885 Å². The number of hydrogen-bond donors (Lipinski definition) is 6. The summed E-state index contributed by atoms with van der Waals surface area (Å²) in [5.74, 6) is -11.9. The van der Waals surface area contributed by atoms with Gasteiger partial charge >= 0.3 is 0 Å². The Morgan fingerprint density at radius 1 is 0.312 bits per heavy atom. The molecule has 24 atom stereocenters. The van der Waals surface area contributed by atoms with Crippen LogP contribution in [0.2, 0.25) is 0 Å². The zero-order valence-electron chi connectivity index (χ0n) is 134. The van der Waals surface area contributed by atoms with Gasteiger partial charge in [0, 0.05) is 138 Å². The maximum absolute atomic E-state index is 13.5. The summed E-state index contributed by atoms with van der Waals surface area (Å²) in [5, 5.41) is 44.2. The second-order valence-corrected chi connectivity index (χ2v) is 38.3. The molecule has 6 spiro atoms. The summed E-state index contributed by atoms with van der Waals surface area (Å²) in [5.41, 5.74) is -28.5. The summed E-state index contributed by atoms with van der Waals surface area (Å²) in [4.78, 5) is 86.4. The standard InChI is InChI=1S/6C18H21NO4/c6*1-19-8-7-17-14-10-3-4-12(22-2)15(14)23-16(17)11(20)5-6-18(17,21)13(19)9-10/h6*3-4,13,16,21H,5-9H2,1-2H3/t6*13-,16?,17+,18-/m111111/s1/i1D3,2D3,3D,4D,5D2,9D2,13D,16D,21D;2D3,3D,4D,5D2,9D2,13D,16D,21D;1D3,3D,4D,5D2,9D2,13D,16D,21D;3D,4D,5D2,9D2,13D,16D,21D;2D3,3D,4D,13D,16D;3D,4D,13D,16D. The molecule has 138 heavy (non-hydrogen) atoms. The van der Waals surface area contributed by atoms with Crippen molar-refractivity contribution in [3.63, 3.8) is 0 Å². The Bertz CT molecular complexity index is 9370. The van der Waals surface area contributed by atoms with E-state index in [0.717, 1.165) is 7.11 Å². The Morgan fingerprint density at radius 2 is 0.536 bits per heavy atom. The summed E-state index contributed by atoms with van der Waals surface area (Å²) in [7, 11) is 0.554. The number of likely N-dealkylation sites (N-methyl/N-ethyl adjacent to an activating group) is 6. The molecule has 0 aromatic heterocycles. The first-order valence-electron chi connectivity index (χ1n) is 73.9. The number of methoxy groups -OCH3 is 6. The highest BCUT2D eigenvalue weighted by Gasteiger charge is 2.80. The lowest BCUT2D eigenvalue weighted by Crippen LogP contribution is -2.76. The number of ketones is 6. The number of carbonyl (C=O) groups excluding carboxylic acids is 6. The lowest BCUT2D eigenvalue weighted by atomic mass is 9.49. The number of benzene rings is 6. The molecule has 30 rings (SSSR count). The normalized spacial score (nSPS) is 56.5. The van der Waals surface area contributed by atoms with Crippen LogP contribution in [0.3, 0.4) is 0 Å². The molecule has 732 valence electrons. The summed E-state index contributed by atoms with van der Waals surface area (Å²) >= 11 is 0. The van der Waals surface area contributed by atoms with Gasteiger partial charge in [-0.2, -0.15) is 0 Å². The third-order valence-electron chi connectivity index (χ3n) is 33.1. The van der Waals surface area contributed by atoms with E-state index in [1.54, 1.807) is 23.9 Å². The van der Waals surface area contributed by atoms with E-state index in [4.69, 9.17) is 146 Å². The highest BCUT2D eigenvalue weighted by Crippen LogP contribution is 2.73. The van der Waals surface area contributed by atoms with Crippen LogP contribution in [-0.4, -0.2) is 331 Å². The Hall–Kier alpha value is -9.54. The van der Waals surface area contributed by atoms with Gasteiger partial charge in [0.25, 0.3) is 0 Å². The van der Waals surface area contributed by atoms with Gasteiger partial charge in [0.05, 0.1) is 154 Å². The van der Waals surface area contributed by atoms with Crippen LogP contribution in [0.4, 0.5) is 0 Å². The van der Waals surface area contributed by atoms with Gasteiger partial charge in [0.2, 0.25) is 5.72 Å². The van der Waals surface area contributed by atoms with Gasteiger partial charge in [-0.1, -0.05) is 36.3 Å². The van der Waals surface area contributed by atoms with Crippen molar-refractivity contribution in [1.82, 2.24) is 29.4 Å². The van der Waals surface area contributed by atoms with E-state index in [9.17, 15) is 51.3 Å². The van der Waals surface area contributed by atoms with E-state index in [1.165, 1.54) is 38.1 Å². The number of aliphatic hydroxyl groups is 6. The fourth-order valence-corrected chi connectivity index (χ4v) is 26.9. The number of rotatable bonds is 10. The fraction of sp³-hybridized carbons (Fsp3) is 0.611. The largest absolute Gasteiger partial charge is 0.493 e. The summed E-state index contributed by atoms with van der Waals surface area (Å²) in [6.07, 6.45) is -45.5. The first-order chi connectivity index (χ1) is 89.7. The highest BCUT2D eigenvalue weighted by molar-refractivity contribution is 5.95. The number of carbonyl (C=O) groups is 6. The summed E-state index contributed by atoms with van der Waals surface area (Å²) < 4.78 is 564. The maximum atomic E-state index is 13.5. The van der Waals surface area contributed by atoms with E-state index in [2.05, 4.69) is 0 Å². The molecular weight excluding hydrogens is 1770 g/mol. The molecule has 0 amide bonds. The number of nitrogens with zero attached hydrogens (tertiary/aromatic N) is 6. The first kappa shape index (κ1) is 46.7. The molecule has 6 unspecified atom stereocenters. The SMILES string of the molecule is [2H]O[C@@]12CC([2H])([2H])C(=O)C3([2H])Oc4c(OC([2H])([2H])[2H])c([2H])c([2H])c5c4[C@@]31CCN(C([2H])([2H])[2H])[C@]2([2H])C5([2H])[2H].[2H]O[C@@]12CC([2H])([2H])C(=O)C3([2H])Oc4c(OC([2H])([2H])[2H])c([2H])c([2H])c5c4[C@@]31CCN(C)[C@]2([2H])C5([2H])[2H].[2H]O[C@@]12CC([2H])([2H])C(=O)C3([2H])Oc4c(OC)c([2H])c([2H])c5c4[C@@]31CCN(C([2H])([2H])[2H])[C@]2([2H])C5([2H])[2H].[2H]O[C@@]12CC([2H])([2H])C(=O)C3([2H])Oc4c(OC)c([2H])c([2H])c5c4[C@@]31CCN(C)[C@]2([2H])C5([2H])[2H].[2H]c1c([2H])c(OC([2H])([2H])[2H])c2c3c1C[C@@]1([2H])N(C)CC[C@@]34C([2H])(O2)C(=O)CC[C@@]14O.[2H]c1c([2H])c(OC)c2c3c1C[C@@]1([2H])N(C)CC[C@@]34C([2H])(O2)C(=O)CC[C@@]14O. The second kappa shape index (κ2) is 30.0. The minimum atomic E-state index is -3.33. The minimum absolute atomic E-state index is 0.0145. The van der Waals surface area contributed by atoms with Crippen molar-refractivity contribution in [2.45, 2.75) is 292 Å². The fourth-order valence-electron chi connectivity index (χ4n) is 26.9. The van der Waals surface area contributed by atoms with Crippen molar-refractivity contribution in [3.05, 3.63) is 139 Å². The summed E-state index contributed by atoms with van der Waals surface area (Å²) in [6.45, 7) is -6.95. The Balaban J connectivity index is 0.000000115. The third kappa shape index (κ3) is 10.5. The van der Waals surface area contributed by atoms with Gasteiger partial charge < -0.3 is 117 Å². The van der Waals surface area contributed by atoms with Crippen LogP contribution < -0.4 is 56.8 Å². The molecule has 6 saturated carbocycles. The summed E-state index contributed by atoms with van der Waals surface area (Å²) in [6, 6.07) is -22.2. The van der Waals surface area contributed by atoms with E-state index < -0.39 is 433 Å². The number of hydrogen-bond acceptors (Lipinski definition) is 30. The number of Topliss-reactive ketones (excluding diaryl/α,β-unsaturated/α-hetero) is 6. The van der Waals surface area contributed by atoms with Crippen LogP contribution in [0.25, 0.3) is 0 Å². The molecular formula is C108H126N6O24. The third-order valence-corrected chi connectivity index (χ3v) is 33.1. The molecule has 12 heterocycles. The van der Waals surface area contributed by atoms with E-state index >= 15 is 0 Å². The average Bonchev–Trinajstić information content (AvgIpc) is 1.47. The van der Waals surface area contributed by atoms with Crippen LogP contribution >= 0.6 is 0 Å². The van der Waals surface area contributed by atoms with E-state index in [1.807, 2.05) is 0 Å². The smallest absolute Gasteiger partial charge is 0.211 e. The monoisotopic (exact) mass is 1950 g/mol. The van der Waals surface area contributed by atoms with Crippen LogP contribution in [0.15, 0.2) is 72.5 Å². The van der Waals surface area contributed by atoms with E-state index in [-0.39, 0.29) is 152 Å². The van der Waals surface area contributed by atoms with Crippen LogP contribution in [0.5, 0.6) is 69.0 Å². The topological polar surface area (TPSA) is 354 Å². The van der Waals surface area contributed by atoms with Crippen molar-refractivity contribution in [3.8, 4) is 69.0 Å². The van der Waals surface area contributed by atoms with Crippen LogP contribution in [-0.2, 0) is 99.6 Å². The highest BCUT2D eigenvalue weighted by atomic mass is 16.6. The zero-order chi connectivity index (χ0) is 147. The molecule has 6 N–H and O–H groups in total. The van der Waals surface area contributed by atoms with Crippen molar-refractivity contribution < 1.29 is 192 Å². The van der Waals surface area contributed by atoms with Gasteiger partial charge in [-0.05, 0) is 266 Å². The molecule has 30 heteroatoms.